The number of rotatable bonds is 6. The topological polar surface area (TPSA) is 69.2 Å². The molecule has 0 aliphatic carbocycles. The molecule has 0 bridgehead atoms. The predicted octanol–water partition coefficient (Wildman–Crippen LogP) is 3.59. The van der Waals surface area contributed by atoms with Crippen LogP contribution >= 0.6 is 11.8 Å². The molecule has 24 heavy (non-hydrogen) atoms. The molecule has 0 fully saturated rings. The van der Waals surface area contributed by atoms with E-state index in [1.165, 1.54) is 17.3 Å². The van der Waals surface area contributed by atoms with Gasteiger partial charge in [0.25, 0.3) is 0 Å². The molecule has 0 unspecified atom stereocenters. The number of aryl methyl sites for hydroxylation is 1. The maximum atomic E-state index is 5.98. The molecule has 2 aromatic carbocycles. The average molecular weight is 343 g/mol. The summed E-state index contributed by atoms with van der Waals surface area (Å²) in [4.78, 5) is 0. The average Bonchev–Trinajstić information content (AvgIpc) is 2.60. The molecule has 0 heterocycles. The number of para-hydroxylation sites is 1. The molecule has 0 saturated heterocycles. The van der Waals surface area contributed by atoms with E-state index in [0.29, 0.717) is 23.3 Å². The van der Waals surface area contributed by atoms with Crippen LogP contribution in [-0.4, -0.2) is 24.7 Å². The maximum absolute atomic E-state index is 5.98. The van der Waals surface area contributed by atoms with E-state index in [2.05, 4.69) is 29.3 Å². The highest BCUT2D eigenvalue weighted by atomic mass is 32.2. The number of thioether (sulfide) groups is 1. The molecule has 0 amide bonds. The molecule has 0 saturated carbocycles. The van der Waals surface area contributed by atoms with Crippen molar-refractivity contribution in [2.24, 2.45) is 15.9 Å². The fourth-order valence-electron chi connectivity index (χ4n) is 2.10. The third kappa shape index (κ3) is 5.03. The summed E-state index contributed by atoms with van der Waals surface area (Å²) in [5.41, 5.74) is 8.69. The Kier molecular flexibility index (Phi) is 6.69. The second-order valence-corrected chi connectivity index (χ2v) is 5.87. The number of nitrogens with two attached hydrogens (primary N) is 1. The SMILES string of the molecule is COc1cccc(/C=N\N=C(/N)SC)c1OCc1cccc(C)c1. The van der Waals surface area contributed by atoms with Gasteiger partial charge in [0.1, 0.15) is 6.61 Å². The summed E-state index contributed by atoms with van der Waals surface area (Å²) in [6.07, 6.45) is 3.45. The summed E-state index contributed by atoms with van der Waals surface area (Å²) in [5.74, 6) is 1.27. The molecule has 0 aromatic heterocycles. The van der Waals surface area contributed by atoms with Gasteiger partial charge in [0, 0.05) is 5.56 Å². The fourth-order valence-corrected chi connectivity index (χ4v) is 2.22. The first-order valence-corrected chi connectivity index (χ1v) is 8.62. The second kappa shape index (κ2) is 8.98. The van der Waals surface area contributed by atoms with Crippen LogP contribution in [0.1, 0.15) is 16.7 Å². The van der Waals surface area contributed by atoms with Crippen molar-refractivity contribution in [2.45, 2.75) is 13.5 Å². The van der Waals surface area contributed by atoms with Gasteiger partial charge < -0.3 is 15.2 Å². The number of hydrogen-bond donors (Lipinski definition) is 1. The summed E-state index contributed by atoms with van der Waals surface area (Å²) in [6, 6.07) is 13.8. The Hall–Kier alpha value is -2.47. The maximum Gasteiger partial charge on any atom is 0.180 e. The first-order chi connectivity index (χ1) is 11.6. The zero-order valence-corrected chi connectivity index (χ0v) is 14.8. The van der Waals surface area contributed by atoms with Gasteiger partial charge in [0.2, 0.25) is 0 Å². The molecular formula is C18H21N3O2S. The summed E-state index contributed by atoms with van der Waals surface area (Å²) in [6.45, 7) is 2.50. The number of methoxy groups -OCH3 is 1. The number of nitrogens with zero attached hydrogens (tertiary/aromatic N) is 2. The van der Waals surface area contributed by atoms with Gasteiger partial charge in [-0.3, -0.25) is 0 Å². The van der Waals surface area contributed by atoms with Gasteiger partial charge in [-0.15, -0.1) is 5.10 Å². The van der Waals surface area contributed by atoms with Gasteiger partial charge in [0.05, 0.1) is 13.3 Å². The molecule has 5 nitrogen and oxygen atoms in total. The standard InChI is InChI=1S/C18H21N3O2S/c1-13-6-4-7-14(10-13)12-23-17-15(8-5-9-16(17)22-2)11-20-21-18(19)24-3/h4-11H,12H2,1-3H3,(H2,19,21)/b20-11-. The van der Waals surface area contributed by atoms with Gasteiger partial charge >= 0.3 is 0 Å². The van der Waals surface area contributed by atoms with Crippen LogP contribution in [-0.2, 0) is 6.61 Å². The fraction of sp³-hybridized carbons (Fsp3) is 0.222. The molecule has 0 atom stereocenters. The monoisotopic (exact) mass is 343 g/mol. The van der Waals surface area contributed by atoms with Crippen LogP contribution in [0.25, 0.3) is 0 Å². The summed E-state index contributed by atoms with van der Waals surface area (Å²) < 4.78 is 11.4. The number of ether oxygens (including phenoxy) is 2. The third-order valence-electron chi connectivity index (χ3n) is 3.26. The Morgan fingerprint density at radius 3 is 2.75 bits per heavy atom. The van der Waals surface area contributed by atoms with Crippen molar-refractivity contribution in [1.82, 2.24) is 0 Å². The molecule has 2 N–H and O–H groups in total. The van der Waals surface area contributed by atoms with Crippen molar-refractivity contribution in [2.75, 3.05) is 13.4 Å². The Labute approximate surface area is 146 Å². The Balaban J connectivity index is 2.23. The molecule has 6 heteroatoms. The lowest BCUT2D eigenvalue weighted by molar-refractivity contribution is 0.284. The highest BCUT2D eigenvalue weighted by molar-refractivity contribution is 8.13. The van der Waals surface area contributed by atoms with Crippen molar-refractivity contribution in [3.63, 3.8) is 0 Å². The Morgan fingerprint density at radius 1 is 1.25 bits per heavy atom. The molecule has 0 aliphatic heterocycles. The summed E-state index contributed by atoms with van der Waals surface area (Å²) in [5, 5.41) is 8.29. The Bertz CT molecular complexity index is 745. The van der Waals surface area contributed by atoms with E-state index in [-0.39, 0.29) is 0 Å². The van der Waals surface area contributed by atoms with Crippen molar-refractivity contribution in [3.05, 3.63) is 59.2 Å². The lowest BCUT2D eigenvalue weighted by Gasteiger charge is -2.13. The van der Waals surface area contributed by atoms with E-state index >= 15 is 0 Å². The molecule has 0 radical (unpaired) electrons. The van der Waals surface area contributed by atoms with Crippen LogP contribution in [0.5, 0.6) is 11.5 Å². The third-order valence-corrected chi connectivity index (χ3v) is 3.76. The van der Waals surface area contributed by atoms with Crippen molar-refractivity contribution in [3.8, 4) is 11.5 Å². The van der Waals surface area contributed by atoms with E-state index in [1.54, 1.807) is 13.3 Å². The van der Waals surface area contributed by atoms with E-state index in [4.69, 9.17) is 15.2 Å². The lowest BCUT2D eigenvalue weighted by atomic mass is 10.1. The first kappa shape index (κ1) is 17.9. The zero-order valence-electron chi connectivity index (χ0n) is 14.0. The largest absolute Gasteiger partial charge is 0.493 e. The van der Waals surface area contributed by atoms with Gasteiger partial charge in [-0.2, -0.15) is 5.10 Å². The smallest absolute Gasteiger partial charge is 0.180 e. The van der Waals surface area contributed by atoms with Crippen LogP contribution in [0.4, 0.5) is 0 Å². The van der Waals surface area contributed by atoms with Gasteiger partial charge in [-0.1, -0.05) is 47.7 Å². The number of benzene rings is 2. The van der Waals surface area contributed by atoms with E-state index in [9.17, 15) is 0 Å². The molecule has 2 rings (SSSR count). The number of hydrogen-bond acceptors (Lipinski definition) is 5. The van der Waals surface area contributed by atoms with Gasteiger partial charge in [-0.05, 0) is 30.9 Å². The molecule has 0 aliphatic rings. The van der Waals surface area contributed by atoms with Gasteiger partial charge in [-0.25, -0.2) is 0 Å². The molecular weight excluding hydrogens is 322 g/mol. The van der Waals surface area contributed by atoms with E-state index < -0.39 is 0 Å². The van der Waals surface area contributed by atoms with Crippen molar-refractivity contribution in [1.29, 1.82) is 0 Å². The first-order valence-electron chi connectivity index (χ1n) is 7.40. The predicted molar refractivity (Wildman–Crippen MR) is 101 cm³/mol. The Morgan fingerprint density at radius 2 is 2.04 bits per heavy atom. The minimum absolute atomic E-state index is 0.399. The second-order valence-electron chi connectivity index (χ2n) is 5.04. The molecule has 126 valence electrons. The quantitative estimate of drug-likeness (QED) is 0.494. The zero-order chi connectivity index (χ0) is 17.4. The highest BCUT2D eigenvalue weighted by Gasteiger charge is 2.09. The van der Waals surface area contributed by atoms with E-state index in [0.717, 1.165) is 11.1 Å². The van der Waals surface area contributed by atoms with Crippen LogP contribution in [0.3, 0.4) is 0 Å². The van der Waals surface area contributed by atoms with Crippen molar-refractivity contribution < 1.29 is 9.47 Å². The van der Waals surface area contributed by atoms with Crippen LogP contribution < -0.4 is 15.2 Å². The van der Waals surface area contributed by atoms with Crippen molar-refractivity contribution >= 4 is 23.1 Å². The lowest BCUT2D eigenvalue weighted by Crippen LogP contribution is -2.04. The minimum atomic E-state index is 0.399. The van der Waals surface area contributed by atoms with Gasteiger partial charge in [0.15, 0.2) is 16.7 Å². The minimum Gasteiger partial charge on any atom is -0.493 e. The summed E-state index contributed by atoms with van der Waals surface area (Å²) in [7, 11) is 1.61. The molecule has 2 aromatic rings. The van der Waals surface area contributed by atoms with E-state index in [1.807, 2.05) is 36.6 Å². The van der Waals surface area contributed by atoms with Crippen LogP contribution in [0.15, 0.2) is 52.7 Å². The highest BCUT2D eigenvalue weighted by Crippen LogP contribution is 2.31. The normalized spacial score (nSPS) is 11.7. The number of amidine groups is 1. The molecule has 0 spiro atoms. The van der Waals surface area contributed by atoms with Crippen LogP contribution in [0.2, 0.25) is 0 Å². The van der Waals surface area contributed by atoms with Crippen LogP contribution in [0, 0.1) is 6.92 Å². The summed E-state index contributed by atoms with van der Waals surface area (Å²) >= 11 is 1.34.